The predicted molar refractivity (Wildman–Crippen MR) is 91.1 cm³/mol. The van der Waals surface area contributed by atoms with E-state index >= 15 is 0 Å². The molecule has 136 valence electrons. The van der Waals surface area contributed by atoms with Gasteiger partial charge in [0.25, 0.3) is 6.43 Å². The second-order valence-electron chi connectivity index (χ2n) is 5.42. The van der Waals surface area contributed by atoms with Crippen molar-refractivity contribution in [3.8, 4) is 5.75 Å². The van der Waals surface area contributed by atoms with Crippen LogP contribution in [-0.4, -0.2) is 34.7 Å². The van der Waals surface area contributed by atoms with Crippen molar-refractivity contribution in [1.29, 1.82) is 0 Å². The summed E-state index contributed by atoms with van der Waals surface area (Å²) in [5, 5.41) is 3.55. The van der Waals surface area contributed by atoms with E-state index in [0.717, 1.165) is 0 Å². The zero-order valence-electron chi connectivity index (χ0n) is 14.3. The Labute approximate surface area is 147 Å². The second-order valence-corrected chi connectivity index (χ2v) is 5.42. The summed E-state index contributed by atoms with van der Waals surface area (Å²) >= 11 is 0. The summed E-state index contributed by atoms with van der Waals surface area (Å²) in [6.45, 7) is 0. The molecule has 0 aliphatic heterocycles. The topological polar surface area (TPSA) is 78.3 Å². The highest BCUT2D eigenvalue weighted by atomic mass is 19.3. The van der Waals surface area contributed by atoms with Crippen LogP contribution < -0.4 is 10.1 Å². The number of benzene rings is 1. The van der Waals surface area contributed by atoms with Gasteiger partial charge in [-0.2, -0.15) is 0 Å². The van der Waals surface area contributed by atoms with Gasteiger partial charge in [-0.1, -0.05) is 0 Å². The minimum Gasteiger partial charge on any atom is -0.496 e. The molecule has 0 radical (unpaired) electrons. The molecule has 2 heterocycles. The van der Waals surface area contributed by atoms with Gasteiger partial charge in [-0.15, -0.1) is 0 Å². The highest BCUT2D eigenvalue weighted by Crippen LogP contribution is 2.33. The largest absolute Gasteiger partial charge is 0.496 e. The van der Waals surface area contributed by atoms with Gasteiger partial charge in [-0.25, -0.2) is 23.5 Å². The number of hydrogen-bond donors (Lipinski definition) is 1. The Morgan fingerprint density at radius 1 is 1.23 bits per heavy atom. The van der Waals surface area contributed by atoms with Crippen molar-refractivity contribution in [1.82, 2.24) is 14.5 Å². The maximum Gasteiger partial charge on any atom is 0.354 e. The Bertz CT molecular complexity index is 972. The molecule has 0 aliphatic carbocycles. The van der Waals surface area contributed by atoms with Crippen LogP contribution in [0.3, 0.4) is 0 Å². The molecule has 0 saturated carbocycles. The maximum absolute atomic E-state index is 13.2. The van der Waals surface area contributed by atoms with E-state index < -0.39 is 12.4 Å². The minimum absolute atomic E-state index is 0.103. The Kier molecular flexibility index (Phi) is 4.70. The number of nitrogens with one attached hydrogen (secondary N) is 1. The maximum atomic E-state index is 13.2. The smallest absolute Gasteiger partial charge is 0.354 e. The van der Waals surface area contributed by atoms with Crippen molar-refractivity contribution >= 4 is 28.5 Å². The van der Waals surface area contributed by atoms with Gasteiger partial charge in [0.1, 0.15) is 29.2 Å². The van der Waals surface area contributed by atoms with Crippen LogP contribution >= 0.6 is 0 Å². The number of aryl methyl sites for hydroxylation is 1. The predicted octanol–water partition coefficient (Wildman–Crippen LogP) is 3.44. The molecule has 1 N–H and O–H groups in total. The summed E-state index contributed by atoms with van der Waals surface area (Å²) in [6, 6.07) is 5.93. The third-order valence-corrected chi connectivity index (χ3v) is 3.95. The normalized spacial score (nSPS) is 11.0. The van der Waals surface area contributed by atoms with E-state index in [9.17, 15) is 13.6 Å². The monoisotopic (exact) mass is 362 g/mol. The third-order valence-electron chi connectivity index (χ3n) is 3.95. The molecule has 0 atom stereocenters. The number of rotatable bonds is 5. The summed E-state index contributed by atoms with van der Waals surface area (Å²) in [6.07, 6.45) is -1.36. The third kappa shape index (κ3) is 3.03. The number of hydrogen-bond acceptors (Lipinski definition) is 6. The van der Waals surface area contributed by atoms with E-state index in [4.69, 9.17) is 9.47 Å². The van der Waals surface area contributed by atoms with E-state index in [-0.39, 0.29) is 11.3 Å². The molecule has 0 saturated heterocycles. The Morgan fingerprint density at radius 3 is 2.65 bits per heavy atom. The number of fused-ring (bicyclic) bond motifs is 1. The number of alkyl halides is 2. The average molecular weight is 362 g/mol. The molecule has 1 aromatic carbocycles. The molecular weight excluding hydrogens is 346 g/mol. The van der Waals surface area contributed by atoms with E-state index in [1.165, 1.54) is 32.7 Å². The summed E-state index contributed by atoms with van der Waals surface area (Å²) in [4.78, 5) is 20.2. The summed E-state index contributed by atoms with van der Waals surface area (Å²) in [7, 11) is 4.29. The second kappa shape index (κ2) is 6.95. The molecule has 9 heteroatoms. The Balaban J connectivity index is 2.04. The summed E-state index contributed by atoms with van der Waals surface area (Å²) < 4.78 is 37.6. The quantitative estimate of drug-likeness (QED) is 0.701. The van der Waals surface area contributed by atoms with Crippen molar-refractivity contribution in [3.63, 3.8) is 0 Å². The summed E-state index contributed by atoms with van der Waals surface area (Å²) in [5.74, 6) is -0.0295. The molecular formula is C17H16F2N4O3. The SMILES string of the molecule is COC(=O)c1cc2c(Nc3ccc(OC)c(C(F)F)c3)ncnc2n1C. The first kappa shape index (κ1) is 17.6. The van der Waals surface area contributed by atoms with Crippen LogP contribution in [0, 0.1) is 0 Å². The first-order valence-corrected chi connectivity index (χ1v) is 7.58. The van der Waals surface area contributed by atoms with Gasteiger partial charge >= 0.3 is 5.97 Å². The molecule has 0 unspecified atom stereocenters. The number of halogens is 2. The van der Waals surface area contributed by atoms with Crippen molar-refractivity contribution in [3.05, 3.63) is 41.9 Å². The first-order chi connectivity index (χ1) is 12.5. The molecule has 0 fully saturated rings. The fourth-order valence-corrected chi connectivity index (χ4v) is 2.65. The molecule has 7 nitrogen and oxygen atoms in total. The van der Waals surface area contributed by atoms with Crippen molar-refractivity contribution in [2.75, 3.05) is 19.5 Å². The highest BCUT2D eigenvalue weighted by Gasteiger charge is 2.18. The summed E-state index contributed by atoms with van der Waals surface area (Å²) in [5.41, 5.74) is 0.982. The average Bonchev–Trinajstić information content (AvgIpc) is 2.99. The lowest BCUT2D eigenvalue weighted by Gasteiger charge is -2.11. The van der Waals surface area contributed by atoms with Crippen LogP contribution in [0.15, 0.2) is 30.6 Å². The van der Waals surface area contributed by atoms with Crippen LogP contribution in [0.25, 0.3) is 11.0 Å². The number of esters is 1. The van der Waals surface area contributed by atoms with Gasteiger partial charge in [0.05, 0.1) is 25.2 Å². The molecule has 0 spiro atoms. The molecule has 2 aromatic heterocycles. The number of carbonyl (C=O) groups excluding carboxylic acids is 1. The van der Waals surface area contributed by atoms with Crippen LogP contribution in [0.5, 0.6) is 5.75 Å². The Hall–Kier alpha value is -3.23. The van der Waals surface area contributed by atoms with E-state index in [0.29, 0.717) is 28.2 Å². The van der Waals surface area contributed by atoms with Gasteiger partial charge in [0, 0.05) is 12.7 Å². The number of anilines is 2. The Morgan fingerprint density at radius 2 is 2.00 bits per heavy atom. The fraction of sp³-hybridized carbons (Fsp3) is 0.235. The molecule has 26 heavy (non-hydrogen) atoms. The van der Waals surface area contributed by atoms with E-state index in [1.54, 1.807) is 23.7 Å². The molecule has 0 amide bonds. The lowest BCUT2D eigenvalue weighted by atomic mass is 10.2. The highest BCUT2D eigenvalue weighted by molar-refractivity contribution is 5.98. The number of carbonyl (C=O) groups is 1. The molecule has 3 rings (SSSR count). The lowest BCUT2D eigenvalue weighted by molar-refractivity contribution is 0.0590. The molecule has 3 aromatic rings. The van der Waals surface area contributed by atoms with Crippen molar-refractivity contribution < 1.29 is 23.0 Å². The fourth-order valence-electron chi connectivity index (χ4n) is 2.65. The van der Waals surface area contributed by atoms with Crippen LogP contribution in [0.4, 0.5) is 20.3 Å². The van der Waals surface area contributed by atoms with Gasteiger partial charge in [0.15, 0.2) is 0 Å². The van der Waals surface area contributed by atoms with Crippen LogP contribution in [-0.2, 0) is 11.8 Å². The van der Waals surface area contributed by atoms with Crippen molar-refractivity contribution in [2.45, 2.75) is 6.43 Å². The zero-order valence-corrected chi connectivity index (χ0v) is 14.3. The van der Waals surface area contributed by atoms with Crippen LogP contribution in [0.2, 0.25) is 0 Å². The van der Waals surface area contributed by atoms with Crippen molar-refractivity contribution in [2.24, 2.45) is 7.05 Å². The number of ether oxygens (including phenoxy) is 2. The van der Waals surface area contributed by atoms with Gasteiger partial charge in [-0.3, -0.25) is 0 Å². The van der Waals surface area contributed by atoms with E-state index in [2.05, 4.69) is 15.3 Å². The lowest BCUT2D eigenvalue weighted by Crippen LogP contribution is -2.07. The minimum atomic E-state index is -2.68. The van der Waals surface area contributed by atoms with Gasteiger partial charge in [0.2, 0.25) is 0 Å². The van der Waals surface area contributed by atoms with Gasteiger partial charge in [-0.05, 0) is 24.3 Å². The number of aromatic nitrogens is 3. The first-order valence-electron chi connectivity index (χ1n) is 7.58. The zero-order chi connectivity index (χ0) is 18.8. The number of methoxy groups -OCH3 is 2. The molecule has 0 aliphatic rings. The standard InChI is InChI=1S/C17H16F2N4O3/c1-23-12(17(24)26-3)7-11-15(20-8-21-16(11)23)22-9-4-5-13(25-2)10(6-9)14(18)19/h4-8,14H,1-3H3,(H,20,21,22). The number of nitrogens with zero attached hydrogens (tertiary/aromatic N) is 3. The van der Waals surface area contributed by atoms with Crippen LogP contribution in [0.1, 0.15) is 22.5 Å². The molecule has 0 bridgehead atoms. The van der Waals surface area contributed by atoms with Gasteiger partial charge < -0.3 is 19.4 Å². The van der Waals surface area contributed by atoms with E-state index in [1.807, 2.05) is 0 Å².